The SMILES string of the molecule is Cc1oc2nc[nH]c(=O)c2c1C(=O)N[C@H]1CCCC[C@@H]1C. The van der Waals surface area contributed by atoms with Gasteiger partial charge in [0.05, 0.1) is 11.9 Å². The monoisotopic (exact) mass is 289 g/mol. The largest absolute Gasteiger partial charge is 0.442 e. The Kier molecular flexibility index (Phi) is 3.53. The number of carbonyl (C=O) groups is 1. The van der Waals surface area contributed by atoms with E-state index in [1.54, 1.807) is 6.92 Å². The van der Waals surface area contributed by atoms with Crippen LogP contribution in [-0.4, -0.2) is 21.9 Å². The number of carbonyl (C=O) groups excluding carboxylic acids is 1. The van der Waals surface area contributed by atoms with Gasteiger partial charge in [-0.1, -0.05) is 19.8 Å². The summed E-state index contributed by atoms with van der Waals surface area (Å²) in [4.78, 5) is 30.9. The van der Waals surface area contributed by atoms with Gasteiger partial charge in [-0.3, -0.25) is 9.59 Å². The van der Waals surface area contributed by atoms with E-state index in [2.05, 4.69) is 22.2 Å². The number of furan rings is 1. The highest BCUT2D eigenvalue weighted by Gasteiger charge is 2.27. The molecule has 3 rings (SSSR count). The Bertz CT molecular complexity index is 731. The maximum Gasteiger partial charge on any atom is 0.262 e. The average molecular weight is 289 g/mol. The zero-order valence-corrected chi connectivity index (χ0v) is 12.2. The Hall–Kier alpha value is -2.11. The zero-order valence-electron chi connectivity index (χ0n) is 12.2. The highest BCUT2D eigenvalue weighted by molar-refractivity contribution is 6.06. The van der Waals surface area contributed by atoms with Crippen molar-refractivity contribution in [1.82, 2.24) is 15.3 Å². The van der Waals surface area contributed by atoms with Crippen LogP contribution in [0.5, 0.6) is 0 Å². The van der Waals surface area contributed by atoms with E-state index >= 15 is 0 Å². The third-order valence-electron chi connectivity index (χ3n) is 4.33. The maximum absolute atomic E-state index is 12.6. The van der Waals surface area contributed by atoms with Gasteiger partial charge in [0.15, 0.2) is 0 Å². The molecule has 1 fully saturated rings. The number of nitrogens with one attached hydrogen (secondary N) is 2. The minimum absolute atomic E-state index is 0.159. The first-order chi connectivity index (χ1) is 10.1. The summed E-state index contributed by atoms with van der Waals surface area (Å²) in [5, 5.41) is 3.28. The summed E-state index contributed by atoms with van der Waals surface area (Å²) in [5.74, 6) is 0.635. The zero-order chi connectivity index (χ0) is 15.0. The first-order valence-corrected chi connectivity index (χ1v) is 7.35. The molecular weight excluding hydrogens is 270 g/mol. The van der Waals surface area contributed by atoms with E-state index in [4.69, 9.17) is 4.42 Å². The lowest BCUT2D eigenvalue weighted by Crippen LogP contribution is -2.41. The molecule has 0 aromatic carbocycles. The van der Waals surface area contributed by atoms with Crippen LogP contribution < -0.4 is 10.9 Å². The van der Waals surface area contributed by atoms with Gasteiger partial charge in [-0.05, 0) is 25.7 Å². The van der Waals surface area contributed by atoms with Gasteiger partial charge in [0.2, 0.25) is 5.71 Å². The second-order valence-corrected chi connectivity index (χ2v) is 5.79. The molecule has 2 aromatic heterocycles. The molecule has 0 saturated heterocycles. The topological polar surface area (TPSA) is 88.0 Å². The fourth-order valence-electron chi connectivity index (χ4n) is 3.10. The first-order valence-electron chi connectivity index (χ1n) is 7.35. The summed E-state index contributed by atoms with van der Waals surface area (Å²) in [7, 11) is 0. The third kappa shape index (κ3) is 2.46. The van der Waals surface area contributed by atoms with Gasteiger partial charge in [0.1, 0.15) is 11.1 Å². The lowest BCUT2D eigenvalue weighted by Gasteiger charge is -2.29. The molecule has 2 N–H and O–H groups in total. The minimum Gasteiger partial charge on any atom is -0.442 e. The van der Waals surface area contributed by atoms with Crippen LogP contribution in [0.15, 0.2) is 15.5 Å². The predicted molar refractivity (Wildman–Crippen MR) is 78.3 cm³/mol. The molecule has 2 atom stereocenters. The molecule has 0 aliphatic heterocycles. The van der Waals surface area contributed by atoms with Crippen molar-refractivity contribution < 1.29 is 9.21 Å². The number of aromatic nitrogens is 2. The van der Waals surface area contributed by atoms with E-state index in [1.165, 1.54) is 12.7 Å². The average Bonchev–Trinajstić information content (AvgIpc) is 2.79. The smallest absolute Gasteiger partial charge is 0.262 e. The summed E-state index contributed by atoms with van der Waals surface area (Å²) in [6, 6.07) is 0.159. The number of H-pyrrole nitrogens is 1. The molecule has 2 heterocycles. The van der Waals surface area contributed by atoms with Crippen LogP contribution in [0.25, 0.3) is 11.1 Å². The van der Waals surface area contributed by atoms with E-state index in [1.807, 2.05) is 0 Å². The van der Waals surface area contributed by atoms with Gasteiger partial charge in [-0.25, -0.2) is 4.98 Å². The van der Waals surface area contributed by atoms with Crippen molar-refractivity contribution in [3.8, 4) is 0 Å². The molecule has 1 aliphatic carbocycles. The molecule has 0 spiro atoms. The molecule has 0 bridgehead atoms. The van der Waals surface area contributed by atoms with Crippen LogP contribution in [0.4, 0.5) is 0 Å². The molecule has 112 valence electrons. The van der Waals surface area contributed by atoms with Gasteiger partial charge >= 0.3 is 0 Å². The van der Waals surface area contributed by atoms with Crippen molar-refractivity contribution in [1.29, 1.82) is 0 Å². The second-order valence-electron chi connectivity index (χ2n) is 5.79. The van der Waals surface area contributed by atoms with Crippen molar-refractivity contribution in [2.75, 3.05) is 0 Å². The molecule has 2 aromatic rings. The van der Waals surface area contributed by atoms with Crippen LogP contribution >= 0.6 is 0 Å². The summed E-state index contributed by atoms with van der Waals surface area (Å²) in [5.41, 5.74) is 0.161. The Morgan fingerprint density at radius 2 is 2.19 bits per heavy atom. The number of hydrogen-bond donors (Lipinski definition) is 2. The van der Waals surface area contributed by atoms with E-state index in [9.17, 15) is 9.59 Å². The highest BCUT2D eigenvalue weighted by Crippen LogP contribution is 2.25. The Morgan fingerprint density at radius 1 is 1.43 bits per heavy atom. The fraction of sp³-hybridized carbons (Fsp3) is 0.533. The normalized spacial score (nSPS) is 22.4. The van der Waals surface area contributed by atoms with E-state index in [0.29, 0.717) is 17.2 Å². The minimum atomic E-state index is -0.348. The Morgan fingerprint density at radius 3 is 2.95 bits per heavy atom. The summed E-state index contributed by atoms with van der Waals surface area (Å²) >= 11 is 0. The molecular formula is C15H19N3O3. The third-order valence-corrected chi connectivity index (χ3v) is 4.33. The van der Waals surface area contributed by atoms with Crippen LogP contribution in [-0.2, 0) is 0 Å². The quantitative estimate of drug-likeness (QED) is 0.886. The van der Waals surface area contributed by atoms with Crippen molar-refractivity contribution in [3.63, 3.8) is 0 Å². The number of amides is 1. The van der Waals surface area contributed by atoms with Crippen molar-refractivity contribution in [2.24, 2.45) is 5.92 Å². The predicted octanol–water partition coefficient (Wildman–Crippen LogP) is 2.13. The number of rotatable bonds is 2. The Labute approximate surface area is 121 Å². The fourth-order valence-corrected chi connectivity index (χ4v) is 3.10. The number of nitrogens with zero attached hydrogens (tertiary/aromatic N) is 1. The number of hydrogen-bond acceptors (Lipinski definition) is 4. The molecule has 0 radical (unpaired) electrons. The Balaban J connectivity index is 1.94. The van der Waals surface area contributed by atoms with Gasteiger partial charge in [0, 0.05) is 6.04 Å². The standard InChI is InChI=1S/C15H19N3O3/c1-8-5-3-4-6-10(8)18-14(20)11-9(2)21-15-12(11)13(19)16-7-17-15/h7-8,10H,3-6H2,1-2H3,(H,18,20)(H,16,17,19)/t8-,10-/m0/s1. The molecule has 6 heteroatoms. The van der Waals surface area contributed by atoms with Crippen LogP contribution in [0.3, 0.4) is 0 Å². The van der Waals surface area contributed by atoms with E-state index in [0.717, 1.165) is 19.3 Å². The van der Waals surface area contributed by atoms with Gasteiger partial charge in [-0.15, -0.1) is 0 Å². The summed E-state index contributed by atoms with van der Waals surface area (Å²) in [6.45, 7) is 3.83. The first kappa shape index (κ1) is 13.9. The molecule has 1 aliphatic rings. The number of fused-ring (bicyclic) bond motifs is 1. The van der Waals surface area contributed by atoms with Crippen molar-refractivity contribution >= 4 is 17.0 Å². The molecule has 6 nitrogen and oxygen atoms in total. The van der Waals surface area contributed by atoms with Gasteiger partial charge in [0.25, 0.3) is 11.5 Å². The van der Waals surface area contributed by atoms with Gasteiger partial charge < -0.3 is 14.7 Å². The number of aryl methyl sites for hydroxylation is 1. The lowest BCUT2D eigenvalue weighted by atomic mass is 9.86. The number of aromatic amines is 1. The lowest BCUT2D eigenvalue weighted by molar-refractivity contribution is 0.0910. The summed E-state index contributed by atoms with van der Waals surface area (Å²) in [6.07, 6.45) is 5.72. The molecule has 21 heavy (non-hydrogen) atoms. The van der Waals surface area contributed by atoms with Crippen LogP contribution in [0, 0.1) is 12.8 Å². The summed E-state index contributed by atoms with van der Waals surface area (Å²) < 4.78 is 5.43. The van der Waals surface area contributed by atoms with Crippen LogP contribution in [0.1, 0.15) is 48.7 Å². The second kappa shape index (κ2) is 5.35. The van der Waals surface area contributed by atoms with Crippen molar-refractivity contribution in [2.45, 2.75) is 45.6 Å². The molecule has 1 saturated carbocycles. The molecule has 0 unspecified atom stereocenters. The highest BCUT2D eigenvalue weighted by atomic mass is 16.3. The van der Waals surface area contributed by atoms with E-state index < -0.39 is 0 Å². The van der Waals surface area contributed by atoms with E-state index in [-0.39, 0.29) is 28.6 Å². The molecule has 1 amide bonds. The van der Waals surface area contributed by atoms with Gasteiger partial charge in [-0.2, -0.15) is 0 Å². The van der Waals surface area contributed by atoms with Crippen molar-refractivity contribution in [3.05, 3.63) is 28.0 Å². The van der Waals surface area contributed by atoms with Crippen LogP contribution in [0.2, 0.25) is 0 Å². The maximum atomic E-state index is 12.6.